The lowest BCUT2D eigenvalue weighted by Gasteiger charge is -2.14. The maximum atomic E-state index is 11.6. The van der Waals surface area contributed by atoms with Crippen molar-refractivity contribution in [1.82, 2.24) is 0 Å². The molecule has 0 saturated heterocycles. The van der Waals surface area contributed by atoms with Gasteiger partial charge >= 0.3 is 0 Å². The minimum absolute atomic E-state index is 0.267. The average molecular weight is 276 g/mol. The zero-order valence-electron chi connectivity index (χ0n) is 10.7. The Balaban J connectivity index is 2.35. The molecular formula is C15H16O3S. The summed E-state index contributed by atoms with van der Waals surface area (Å²) < 4.78 is 32.6. The molecule has 0 saturated carbocycles. The number of hydrogen-bond acceptors (Lipinski definition) is 2. The van der Waals surface area contributed by atoms with E-state index in [1.807, 2.05) is 49.4 Å². The van der Waals surface area contributed by atoms with E-state index >= 15 is 0 Å². The first-order valence-electron chi connectivity index (χ1n) is 6.03. The Morgan fingerprint density at radius 2 is 1.58 bits per heavy atom. The molecule has 0 amide bonds. The van der Waals surface area contributed by atoms with Crippen molar-refractivity contribution in [3.05, 3.63) is 71.3 Å². The summed E-state index contributed by atoms with van der Waals surface area (Å²) in [4.78, 5) is 0. The highest BCUT2D eigenvalue weighted by Gasteiger charge is 2.25. The van der Waals surface area contributed by atoms with Crippen LogP contribution in [0.1, 0.15) is 21.9 Å². The average Bonchev–Trinajstić information content (AvgIpc) is 2.37. The number of rotatable bonds is 4. The molecule has 100 valence electrons. The Morgan fingerprint density at radius 3 is 2.11 bits per heavy atom. The molecule has 1 atom stereocenters. The van der Waals surface area contributed by atoms with Crippen molar-refractivity contribution >= 4 is 10.1 Å². The highest BCUT2D eigenvalue weighted by atomic mass is 32.2. The lowest BCUT2D eigenvalue weighted by atomic mass is 10.0. The smallest absolute Gasteiger partial charge is 0.272 e. The topological polar surface area (TPSA) is 54.4 Å². The van der Waals surface area contributed by atoms with Crippen LogP contribution in [0.15, 0.2) is 54.6 Å². The molecule has 0 fully saturated rings. The Hall–Kier alpha value is -1.65. The van der Waals surface area contributed by atoms with E-state index in [0.717, 1.165) is 11.1 Å². The van der Waals surface area contributed by atoms with Gasteiger partial charge in [0.1, 0.15) is 5.25 Å². The van der Waals surface area contributed by atoms with E-state index in [1.165, 1.54) is 0 Å². The van der Waals surface area contributed by atoms with Gasteiger partial charge in [0.25, 0.3) is 10.1 Å². The fraction of sp³-hybridized carbons (Fsp3) is 0.200. The van der Waals surface area contributed by atoms with Crippen molar-refractivity contribution in [1.29, 1.82) is 0 Å². The second-order valence-electron chi connectivity index (χ2n) is 4.60. The molecular weight excluding hydrogens is 260 g/mol. The minimum Gasteiger partial charge on any atom is -0.285 e. The van der Waals surface area contributed by atoms with Crippen LogP contribution < -0.4 is 0 Å². The van der Waals surface area contributed by atoms with E-state index < -0.39 is 15.4 Å². The van der Waals surface area contributed by atoms with Gasteiger partial charge in [-0.1, -0.05) is 60.2 Å². The van der Waals surface area contributed by atoms with Crippen LogP contribution in [0.2, 0.25) is 0 Å². The molecule has 0 aliphatic carbocycles. The molecule has 3 nitrogen and oxygen atoms in total. The summed E-state index contributed by atoms with van der Waals surface area (Å²) in [6, 6.07) is 16.5. The summed E-state index contributed by atoms with van der Waals surface area (Å²) in [6.45, 7) is 1.93. The third-order valence-electron chi connectivity index (χ3n) is 3.07. The first-order chi connectivity index (χ1) is 8.97. The van der Waals surface area contributed by atoms with Gasteiger partial charge in [0.15, 0.2) is 0 Å². The van der Waals surface area contributed by atoms with Crippen LogP contribution in [0.4, 0.5) is 0 Å². The fourth-order valence-corrected chi connectivity index (χ4v) is 2.91. The molecule has 0 aliphatic rings. The summed E-state index contributed by atoms with van der Waals surface area (Å²) >= 11 is 0. The standard InChI is InChI=1S/C15H16O3S/c1-12-7-9-14(10-8-12)15(19(16,17)18)11-13-5-3-2-4-6-13/h2-10,15H,11H2,1H3,(H,16,17,18). The summed E-state index contributed by atoms with van der Waals surface area (Å²) in [5, 5.41) is -0.921. The maximum Gasteiger partial charge on any atom is 0.272 e. The van der Waals surface area contributed by atoms with Crippen molar-refractivity contribution in [3.8, 4) is 0 Å². The molecule has 0 heterocycles. The van der Waals surface area contributed by atoms with E-state index in [0.29, 0.717) is 5.56 Å². The monoisotopic (exact) mass is 276 g/mol. The van der Waals surface area contributed by atoms with Crippen LogP contribution in [-0.4, -0.2) is 13.0 Å². The summed E-state index contributed by atoms with van der Waals surface area (Å²) in [7, 11) is -4.13. The zero-order valence-corrected chi connectivity index (χ0v) is 11.5. The van der Waals surface area contributed by atoms with Gasteiger partial charge in [-0.15, -0.1) is 0 Å². The first kappa shape index (κ1) is 13.8. The molecule has 2 rings (SSSR count). The third-order valence-corrected chi connectivity index (χ3v) is 4.23. The highest BCUT2D eigenvalue weighted by Crippen LogP contribution is 2.26. The van der Waals surface area contributed by atoms with Gasteiger partial charge < -0.3 is 0 Å². The van der Waals surface area contributed by atoms with Gasteiger partial charge in [-0.25, -0.2) is 0 Å². The van der Waals surface area contributed by atoms with E-state index in [1.54, 1.807) is 12.1 Å². The predicted octanol–water partition coefficient (Wildman–Crippen LogP) is 3.17. The minimum atomic E-state index is -4.13. The predicted molar refractivity (Wildman–Crippen MR) is 75.6 cm³/mol. The molecule has 2 aromatic rings. The Kier molecular flexibility index (Phi) is 4.02. The molecule has 0 aromatic heterocycles. The van der Waals surface area contributed by atoms with E-state index in [2.05, 4.69) is 0 Å². The molecule has 0 aliphatic heterocycles. The van der Waals surface area contributed by atoms with Crippen molar-refractivity contribution in [3.63, 3.8) is 0 Å². The number of aryl methyl sites for hydroxylation is 1. The van der Waals surface area contributed by atoms with Crippen LogP contribution >= 0.6 is 0 Å². The normalized spacial score (nSPS) is 13.2. The lowest BCUT2D eigenvalue weighted by Crippen LogP contribution is -2.15. The fourth-order valence-electron chi connectivity index (χ4n) is 2.00. The zero-order chi connectivity index (χ0) is 13.9. The first-order valence-corrected chi connectivity index (χ1v) is 7.54. The molecule has 0 radical (unpaired) electrons. The highest BCUT2D eigenvalue weighted by molar-refractivity contribution is 7.86. The molecule has 0 bridgehead atoms. The van der Waals surface area contributed by atoms with Crippen LogP contribution in [0.5, 0.6) is 0 Å². The van der Waals surface area contributed by atoms with Gasteiger partial charge in [-0.3, -0.25) is 4.55 Å². The summed E-state index contributed by atoms with van der Waals surface area (Å²) in [5.41, 5.74) is 2.54. The summed E-state index contributed by atoms with van der Waals surface area (Å²) in [5.74, 6) is 0. The molecule has 1 unspecified atom stereocenters. The third kappa shape index (κ3) is 3.66. The van der Waals surface area contributed by atoms with Crippen molar-refractivity contribution in [2.45, 2.75) is 18.6 Å². The molecule has 4 heteroatoms. The number of hydrogen-bond donors (Lipinski definition) is 1. The lowest BCUT2D eigenvalue weighted by molar-refractivity contribution is 0.467. The van der Waals surface area contributed by atoms with Crippen LogP contribution in [0.25, 0.3) is 0 Å². The van der Waals surface area contributed by atoms with Gasteiger partial charge in [-0.05, 0) is 24.5 Å². The van der Waals surface area contributed by atoms with Gasteiger partial charge in [0.05, 0.1) is 0 Å². The number of benzene rings is 2. The maximum absolute atomic E-state index is 11.6. The van der Waals surface area contributed by atoms with Crippen LogP contribution in [0, 0.1) is 6.92 Å². The summed E-state index contributed by atoms with van der Waals surface area (Å²) in [6.07, 6.45) is 0.267. The van der Waals surface area contributed by atoms with Gasteiger partial charge in [0, 0.05) is 0 Å². The van der Waals surface area contributed by atoms with Crippen LogP contribution in [0.3, 0.4) is 0 Å². The van der Waals surface area contributed by atoms with E-state index in [9.17, 15) is 13.0 Å². The Bertz CT molecular complexity index is 631. The van der Waals surface area contributed by atoms with Gasteiger partial charge in [-0.2, -0.15) is 8.42 Å². The van der Waals surface area contributed by atoms with E-state index in [4.69, 9.17) is 0 Å². The quantitative estimate of drug-likeness (QED) is 0.873. The van der Waals surface area contributed by atoms with Crippen molar-refractivity contribution in [2.24, 2.45) is 0 Å². The Morgan fingerprint density at radius 1 is 1.00 bits per heavy atom. The van der Waals surface area contributed by atoms with Crippen molar-refractivity contribution < 1.29 is 13.0 Å². The largest absolute Gasteiger partial charge is 0.285 e. The Labute approximate surface area is 113 Å². The molecule has 19 heavy (non-hydrogen) atoms. The van der Waals surface area contributed by atoms with Crippen LogP contribution in [-0.2, 0) is 16.5 Å². The van der Waals surface area contributed by atoms with Gasteiger partial charge in [0.2, 0.25) is 0 Å². The SMILES string of the molecule is Cc1ccc(C(Cc2ccccc2)S(=O)(=O)O)cc1. The molecule has 1 N–H and O–H groups in total. The second kappa shape index (κ2) is 5.55. The van der Waals surface area contributed by atoms with E-state index in [-0.39, 0.29) is 6.42 Å². The van der Waals surface area contributed by atoms with Crippen molar-refractivity contribution in [2.75, 3.05) is 0 Å². The second-order valence-corrected chi connectivity index (χ2v) is 6.20. The molecule has 2 aromatic carbocycles. The molecule has 0 spiro atoms.